The highest BCUT2D eigenvalue weighted by atomic mass is 16.3. The van der Waals surface area contributed by atoms with Gasteiger partial charge in [-0.25, -0.2) is 0 Å². The number of rotatable bonds is 7. The monoisotopic (exact) mass is 761 g/mol. The zero-order chi connectivity index (χ0) is 40.6. The van der Waals surface area contributed by atoms with Crippen molar-refractivity contribution in [3.05, 3.63) is 160 Å². The van der Waals surface area contributed by atoms with Gasteiger partial charge in [0.05, 0.1) is 5.56 Å². The summed E-state index contributed by atoms with van der Waals surface area (Å²) in [6, 6.07) is 38.2. The maximum atomic E-state index is 12.0. The Morgan fingerprint density at radius 2 is 1.16 bits per heavy atom. The molecule has 0 bridgehead atoms. The number of hydrogen-bond acceptors (Lipinski definition) is 6. The van der Waals surface area contributed by atoms with Crippen molar-refractivity contribution in [3.63, 3.8) is 0 Å². The summed E-state index contributed by atoms with van der Waals surface area (Å²) in [4.78, 5) is 0. The molecule has 286 valence electrons. The summed E-state index contributed by atoms with van der Waals surface area (Å²) in [6.45, 7) is 8.00. The number of nitrogens with one attached hydrogen (secondary N) is 3. The SMILES string of the molecule is Bc1c2c(c(O)c(C)c1C(C)NC(NC(=N)c1cc(C)cc(C)c1)c1ccc3c4ccccc4c4ccccc4c3c1)-c1c(O)c(-c3ccccc3)c(O)c(O)c1C2. The fraction of sp³-hybridized carbons (Fsp3) is 0.140. The Labute approximate surface area is 338 Å². The highest BCUT2D eigenvalue weighted by Gasteiger charge is 2.36. The molecule has 0 aromatic heterocycles. The Hall–Kier alpha value is -6.77. The molecule has 9 rings (SSSR count). The van der Waals surface area contributed by atoms with Crippen LogP contribution >= 0.6 is 0 Å². The molecular formula is C50H44BN3O4. The van der Waals surface area contributed by atoms with Crippen LogP contribution in [0.4, 0.5) is 0 Å². The number of fused-ring (bicyclic) bond motifs is 9. The molecule has 0 aliphatic heterocycles. The van der Waals surface area contributed by atoms with Crippen molar-refractivity contribution in [1.29, 1.82) is 5.41 Å². The van der Waals surface area contributed by atoms with Crippen LogP contribution in [0.3, 0.4) is 0 Å². The summed E-state index contributed by atoms with van der Waals surface area (Å²) in [7, 11) is 2.00. The number of benzene rings is 8. The van der Waals surface area contributed by atoms with Gasteiger partial charge in [0.2, 0.25) is 0 Å². The highest BCUT2D eigenvalue weighted by Crippen LogP contribution is 2.58. The molecular weight excluding hydrogens is 717 g/mol. The summed E-state index contributed by atoms with van der Waals surface area (Å²) in [5.41, 5.74) is 8.90. The fourth-order valence-electron chi connectivity index (χ4n) is 9.49. The van der Waals surface area contributed by atoms with Crippen LogP contribution in [0, 0.1) is 26.2 Å². The van der Waals surface area contributed by atoms with Crippen LogP contribution < -0.4 is 16.1 Å². The van der Waals surface area contributed by atoms with Crippen LogP contribution in [0.2, 0.25) is 0 Å². The Kier molecular flexibility index (Phi) is 8.90. The van der Waals surface area contributed by atoms with Crippen molar-refractivity contribution in [2.24, 2.45) is 0 Å². The van der Waals surface area contributed by atoms with E-state index in [1.54, 1.807) is 24.3 Å². The van der Waals surface area contributed by atoms with E-state index in [-0.39, 0.29) is 41.1 Å². The lowest BCUT2D eigenvalue weighted by Gasteiger charge is -2.30. The third kappa shape index (κ3) is 5.82. The van der Waals surface area contributed by atoms with Gasteiger partial charge in [0.25, 0.3) is 0 Å². The van der Waals surface area contributed by atoms with E-state index < -0.39 is 11.9 Å². The Morgan fingerprint density at radius 3 is 1.78 bits per heavy atom. The molecule has 0 radical (unpaired) electrons. The lowest BCUT2D eigenvalue weighted by atomic mass is 9.78. The van der Waals surface area contributed by atoms with E-state index in [1.807, 2.05) is 46.8 Å². The van der Waals surface area contributed by atoms with Crippen molar-refractivity contribution < 1.29 is 20.4 Å². The van der Waals surface area contributed by atoms with Crippen molar-refractivity contribution >= 4 is 51.5 Å². The third-order valence-electron chi connectivity index (χ3n) is 12.1. The van der Waals surface area contributed by atoms with Gasteiger partial charge in [0.15, 0.2) is 11.5 Å². The fourth-order valence-corrected chi connectivity index (χ4v) is 9.49. The lowest BCUT2D eigenvalue weighted by molar-refractivity contribution is 0.396. The Balaban J connectivity index is 1.16. The summed E-state index contributed by atoms with van der Waals surface area (Å²) in [5.74, 6) is -0.595. The second kappa shape index (κ2) is 14.0. The molecule has 1 aliphatic rings. The van der Waals surface area contributed by atoms with Gasteiger partial charge in [-0.3, -0.25) is 10.7 Å². The van der Waals surface area contributed by atoms with Crippen LogP contribution in [-0.2, 0) is 6.42 Å². The van der Waals surface area contributed by atoms with Crippen LogP contribution in [0.25, 0.3) is 54.6 Å². The van der Waals surface area contributed by atoms with E-state index >= 15 is 0 Å². The van der Waals surface area contributed by atoms with E-state index in [4.69, 9.17) is 0 Å². The van der Waals surface area contributed by atoms with E-state index in [1.165, 1.54) is 16.2 Å². The van der Waals surface area contributed by atoms with Gasteiger partial charge < -0.3 is 25.7 Å². The number of aromatic hydroxyl groups is 4. The second-order valence-corrected chi connectivity index (χ2v) is 15.8. The first kappa shape index (κ1) is 36.8. The molecule has 0 fully saturated rings. The Bertz CT molecular complexity index is 2960. The minimum absolute atomic E-state index is 0.0129. The van der Waals surface area contributed by atoms with Crippen molar-refractivity contribution in [2.45, 2.75) is 46.3 Å². The molecule has 1 aliphatic carbocycles. The molecule has 0 spiro atoms. The maximum Gasteiger partial charge on any atom is 0.169 e. The van der Waals surface area contributed by atoms with Gasteiger partial charge in [-0.1, -0.05) is 114 Å². The largest absolute Gasteiger partial charge is 0.507 e. The normalized spacial score (nSPS) is 13.1. The number of phenolic OH excluding ortho intramolecular Hbond substituents is 4. The number of amidine groups is 1. The molecule has 7 N–H and O–H groups in total. The highest BCUT2D eigenvalue weighted by molar-refractivity contribution is 6.36. The van der Waals surface area contributed by atoms with Gasteiger partial charge in [0, 0.05) is 34.7 Å². The molecule has 7 nitrogen and oxygen atoms in total. The van der Waals surface area contributed by atoms with E-state index in [0.29, 0.717) is 27.8 Å². The molecule has 58 heavy (non-hydrogen) atoms. The van der Waals surface area contributed by atoms with Crippen molar-refractivity contribution in [2.75, 3.05) is 0 Å². The zero-order valence-electron chi connectivity index (χ0n) is 33.1. The predicted molar refractivity (Wildman–Crippen MR) is 239 cm³/mol. The first-order chi connectivity index (χ1) is 27.9. The van der Waals surface area contributed by atoms with Crippen LogP contribution in [0.5, 0.6) is 23.0 Å². The average Bonchev–Trinajstić information content (AvgIpc) is 3.64. The van der Waals surface area contributed by atoms with Gasteiger partial charge in [-0.05, 0) is 106 Å². The molecule has 8 aromatic rings. The average molecular weight is 762 g/mol. The predicted octanol–water partition coefficient (Wildman–Crippen LogP) is 9.36. The van der Waals surface area contributed by atoms with Gasteiger partial charge in [0.1, 0.15) is 31.3 Å². The van der Waals surface area contributed by atoms with E-state index in [2.05, 4.69) is 90.4 Å². The van der Waals surface area contributed by atoms with Gasteiger partial charge in [-0.2, -0.15) is 0 Å². The number of hydrogen-bond donors (Lipinski definition) is 7. The topological polar surface area (TPSA) is 129 Å². The van der Waals surface area contributed by atoms with Crippen LogP contribution in [0.1, 0.15) is 63.6 Å². The minimum atomic E-state index is -0.525. The van der Waals surface area contributed by atoms with Crippen LogP contribution in [0.15, 0.2) is 115 Å². The molecule has 0 heterocycles. The first-order valence-corrected chi connectivity index (χ1v) is 19.7. The lowest BCUT2D eigenvalue weighted by Crippen LogP contribution is -2.40. The summed E-state index contributed by atoms with van der Waals surface area (Å²) in [5, 5.41) is 69.9. The third-order valence-corrected chi connectivity index (χ3v) is 12.1. The van der Waals surface area contributed by atoms with E-state index in [9.17, 15) is 25.8 Å². The first-order valence-electron chi connectivity index (χ1n) is 19.7. The zero-order valence-corrected chi connectivity index (χ0v) is 33.1. The summed E-state index contributed by atoms with van der Waals surface area (Å²) >= 11 is 0. The smallest absolute Gasteiger partial charge is 0.169 e. The van der Waals surface area contributed by atoms with Gasteiger partial charge in [-0.15, -0.1) is 0 Å². The summed E-state index contributed by atoms with van der Waals surface area (Å²) in [6.07, 6.45) is -0.306. The quantitative estimate of drug-likeness (QED) is 0.0165. The summed E-state index contributed by atoms with van der Waals surface area (Å²) < 4.78 is 0. The van der Waals surface area contributed by atoms with Gasteiger partial charge >= 0.3 is 0 Å². The van der Waals surface area contributed by atoms with Crippen molar-refractivity contribution in [1.82, 2.24) is 10.6 Å². The molecule has 0 saturated heterocycles. The maximum absolute atomic E-state index is 12.0. The van der Waals surface area contributed by atoms with Crippen molar-refractivity contribution in [3.8, 4) is 45.3 Å². The van der Waals surface area contributed by atoms with E-state index in [0.717, 1.165) is 55.0 Å². The minimum Gasteiger partial charge on any atom is -0.507 e. The standard InChI is InChI=1S/C50H44BN3O4/c1-25-20-26(2)22-31(21-25)49(52)54-50(30-18-19-36-34-16-9-8-14-32(34)33-15-10-11-17-35(33)37(36)23-30)53-28(4)40-27(3)45(55)42-38(44(40)51)24-39-43(42)47(57)41(48(58)46(39)56)29-12-6-5-7-13-29/h5-23,28,50,53,55-58H,24,51H2,1-4H3,(H2,52,54). The number of aryl methyl sites for hydroxylation is 2. The Morgan fingerprint density at radius 1 is 0.603 bits per heavy atom. The van der Waals surface area contributed by atoms with Crippen LogP contribution in [-0.4, -0.2) is 34.1 Å². The molecule has 8 heteroatoms. The molecule has 2 atom stereocenters. The number of phenols is 4. The molecule has 0 saturated carbocycles. The second-order valence-electron chi connectivity index (χ2n) is 15.8. The molecule has 0 amide bonds. The molecule has 2 unspecified atom stereocenters. The molecule has 8 aromatic carbocycles.